The Hall–Kier alpha value is -2.96. The van der Waals surface area contributed by atoms with E-state index in [1.807, 2.05) is 32.9 Å². The normalized spacial score (nSPS) is 11.8. The number of ketones is 1. The first kappa shape index (κ1) is 21.3. The second-order valence-electron chi connectivity index (χ2n) is 8.28. The molecule has 0 fully saturated rings. The van der Waals surface area contributed by atoms with Crippen molar-refractivity contribution < 1.29 is 4.79 Å². The Morgan fingerprint density at radius 2 is 1.71 bits per heavy atom. The van der Waals surface area contributed by atoms with Crippen LogP contribution in [0.25, 0.3) is 10.9 Å². The van der Waals surface area contributed by atoms with Crippen LogP contribution in [0.5, 0.6) is 0 Å². The van der Waals surface area contributed by atoms with E-state index in [0.29, 0.717) is 38.6 Å². The minimum atomic E-state index is -0.414. The number of hydrogen-bond donors (Lipinski definition) is 0. The van der Waals surface area contributed by atoms with Crippen molar-refractivity contribution in [3.8, 4) is 0 Å². The van der Waals surface area contributed by atoms with Gasteiger partial charge in [0.05, 0.1) is 40.4 Å². The largest absolute Gasteiger partial charge is 0.289 e. The van der Waals surface area contributed by atoms with E-state index in [4.69, 9.17) is 23.2 Å². The van der Waals surface area contributed by atoms with Crippen molar-refractivity contribution in [2.45, 2.75) is 32.9 Å². The molecule has 0 amide bonds. The zero-order valence-electron chi connectivity index (χ0n) is 17.3. The molecule has 0 aliphatic carbocycles. The van der Waals surface area contributed by atoms with Crippen molar-refractivity contribution in [3.05, 3.63) is 91.9 Å². The maximum absolute atomic E-state index is 12.7. The second kappa shape index (κ2) is 7.94. The van der Waals surface area contributed by atoms with E-state index in [1.54, 1.807) is 47.4 Å². The second-order valence-corrected chi connectivity index (χ2v) is 9.13. The summed E-state index contributed by atoms with van der Waals surface area (Å²) in [7, 11) is 0. The fourth-order valence-corrected chi connectivity index (χ4v) is 3.84. The summed E-state index contributed by atoms with van der Waals surface area (Å²) in [4.78, 5) is 25.5. The van der Waals surface area contributed by atoms with Gasteiger partial charge in [0.1, 0.15) is 0 Å². The van der Waals surface area contributed by atoms with Gasteiger partial charge in [-0.1, -0.05) is 47.5 Å². The summed E-state index contributed by atoms with van der Waals surface area (Å²) in [6.07, 6.45) is 3.23. The number of nitrogens with zero attached hydrogens (tertiary/aromatic N) is 4. The van der Waals surface area contributed by atoms with Crippen LogP contribution in [0.3, 0.4) is 0 Å². The Labute approximate surface area is 189 Å². The minimum Gasteiger partial charge on any atom is -0.289 e. The predicted molar refractivity (Wildman–Crippen MR) is 122 cm³/mol. The number of carbonyl (C=O) groups excluding carboxylic acids is 1. The van der Waals surface area contributed by atoms with Gasteiger partial charge in [-0.15, -0.1) is 0 Å². The monoisotopic (exact) mass is 454 g/mol. The molecule has 0 N–H and O–H groups in total. The molecule has 0 bridgehead atoms. The molecule has 0 radical (unpaired) electrons. The lowest BCUT2D eigenvalue weighted by Crippen LogP contribution is -2.35. The standard InChI is InChI=1S/C23H20Cl2N4O2/c1-23(2,3)29-22(31)18-11-26-28(20(18)12-27-29)13-14-4-6-15(7-5-14)21(30)17-9-8-16(24)10-19(17)25/h4-12H,13H2,1-3H3. The molecule has 8 heteroatoms. The number of fused-ring (bicyclic) bond motifs is 1. The van der Waals surface area contributed by atoms with Gasteiger partial charge in [-0.3, -0.25) is 14.3 Å². The van der Waals surface area contributed by atoms with E-state index >= 15 is 0 Å². The third-order valence-corrected chi connectivity index (χ3v) is 5.51. The molecule has 4 aromatic rings. The number of rotatable bonds is 4. The van der Waals surface area contributed by atoms with Gasteiger partial charge >= 0.3 is 0 Å². The molecule has 158 valence electrons. The van der Waals surface area contributed by atoms with Crippen molar-refractivity contribution in [1.29, 1.82) is 0 Å². The molecule has 0 saturated heterocycles. The minimum absolute atomic E-state index is 0.169. The van der Waals surface area contributed by atoms with Crippen LogP contribution in [-0.4, -0.2) is 25.3 Å². The fourth-order valence-electron chi connectivity index (χ4n) is 3.34. The average molecular weight is 455 g/mol. The maximum atomic E-state index is 12.7. The molecule has 0 aliphatic heterocycles. The van der Waals surface area contributed by atoms with E-state index in [1.165, 1.54) is 4.68 Å². The van der Waals surface area contributed by atoms with Crippen LogP contribution in [0.4, 0.5) is 0 Å². The molecule has 0 spiro atoms. The van der Waals surface area contributed by atoms with E-state index in [2.05, 4.69) is 10.2 Å². The van der Waals surface area contributed by atoms with E-state index in [9.17, 15) is 9.59 Å². The van der Waals surface area contributed by atoms with Crippen LogP contribution in [-0.2, 0) is 12.1 Å². The molecule has 0 aliphatic rings. The third kappa shape index (κ3) is 4.13. The summed E-state index contributed by atoms with van der Waals surface area (Å²) in [5.74, 6) is -0.176. The van der Waals surface area contributed by atoms with Gasteiger partial charge in [-0.05, 0) is 44.5 Å². The number of halogens is 2. The van der Waals surface area contributed by atoms with E-state index in [-0.39, 0.29) is 11.3 Å². The van der Waals surface area contributed by atoms with E-state index in [0.717, 1.165) is 5.56 Å². The summed E-state index contributed by atoms with van der Waals surface area (Å²) in [6.45, 7) is 6.23. The molecule has 0 atom stereocenters. The SMILES string of the molecule is CC(C)(C)n1ncc2c(cnn2Cc2ccc(C(=O)c3ccc(Cl)cc3Cl)cc2)c1=O. The molecular formula is C23H20Cl2N4O2. The number of benzene rings is 2. The summed E-state index contributed by atoms with van der Waals surface area (Å²) in [5, 5.41) is 10.00. The highest BCUT2D eigenvalue weighted by atomic mass is 35.5. The van der Waals surface area contributed by atoms with Crippen molar-refractivity contribution >= 4 is 39.9 Å². The van der Waals surface area contributed by atoms with Gasteiger partial charge in [0.2, 0.25) is 0 Å². The Bertz CT molecular complexity index is 1350. The highest BCUT2D eigenvalue weighted by Gasteiger charge is 2.19. The lowest BCUT2D eigenvalue weighted by molar-refractivity contribution is 0.103. The predicted octanol–water partition coefficient (Wildman–Crippen LogP) is 4.93. The smallest absolute Gasteiger partial charge is 0.278 e. The number of carbonyl (C=O) groups is 1. The van der Waals surface area contributed by atoms with Gasteiger partial charge in [0, 0.05) is 16.1 Å². The lowest BCUT2D eigenvalue weighted by atomic mass is 10.0. The first-order chi connectivity index (χ1) is 14.6. The van der Waals surface area contributed by atoms with Crippen molar-refractivity contribution in [3.63, 3.8) is 0 Å². The highest BCUT2D eigenvalue weighted by Crippen LogP contribution is 2.24. The molecule has 2 aromatic heterocycles. The summed E-state index contributed by atoms with van der Waals surface area (Å²) < 4.78 is 3.19. The topological polar surface area (TPSA) is 69.8 Å². The summed E-state index contributed by atoms with van der Waals surface area (Å²) >= 11 is 12.1. The van der Waals surface area contributed by atoms with Gasteiger partial charge in [-0.25, -0.2) is 4.68 Å². The van der Waals surface area contributed by atoms with Gasteiger partial charge in [0.25, 0.3) is 5.56 Å². The molecule has 2 aromatic carbocycles. The third-order valence-electron chi connectivity index (χ3n) is 4.96. The molecule has 0 unspecified atom stereocenters. The number of aromatic nitrogens is 4. The van der Waals surface area contributed by atoms with Crippen LogP contribution in [0.1, 0.15) is 42.3 Å². The number of hydrogen-bond acceptors (Lipinski definition) is 4. The van der Waals surface area contributed by atoms with Crippen molar-refractivity contribution in [1.82, 2.24) is 19.6 Å². The molecule has 2 heterocycles. The van der Waals surface area contributed by atoms with Crippen molar-refractivity contribution in [2.24, 2.45) is 0 Å². The summed E-state index contributed by atoms with van der Waals surface area (Å²) in [6, 6.07) is 12.0. The average Bonchev–Trinajstić information content (AvgIpc) is 3.11. The molecule has 31 heavy (non-hydrogen) atoms. The Morgan fingerprint density at radius 1 is 1.00 bits per heavy atom. The van der Waals surface area contributed by atoms with Crippen LogP contribution in [0.2, 0.25) is 10.0 Å². The van der Waals surface area contributed by atoms with Crippen molar-refractivity contribution in [2.75, 3.05) is 0 Å². The van der Waals surface area contributed by atoms with Crippen LogP contribution < -0.4 is 5.56 Å². The Balaban J connectivity index is 1.60. The molecule has 4 rings (SSSR count). The van der Waals surface area contributed by atoms with Crippen LogP contribution >= 0.6 is 23.2 Å². The van der Waals surface area contributed by atoms with Crippen LogP contribution in [0, 0.1) is 0 Å². The first-order valence-electron chi connectivity index (χ1n) is 9.68. The zero-order chi connectivity index (χ0) is 22.3. The van der Waals surface area contributed by atoms with E-state index < -0.39 is 5.54 Å². The van der Waals surface area contributed by atoms with Gasteiger partial charge in [0.15, 0.2) is 5.78 Å². The van der Waals surface area contributed by atoms with Gasteiger partial charge < -0.3 is 0 Å². The lowest BCUT2D eigenvalue weighted by Gasteiger charge is -2.20. The molecular weight excluding hydrogens is 435 g/mol. The summed E-state index contributed by atoms with van der Waals surface area (Å²) in [5.41, 5.74) is 1.94. The Morgan fingerprint density at radius 3 is 2.35 bits per heavy atom. The zero-order valence-corrected chi connectivity index (χ0v) is 18.8. The van der Waals surface area contributed by atoms with Gasteiger partial charge in [-0.2, -0.15) is 10.2 Å². The first-order valence-corrected chi connectivity index (χ1v) is 10.4. The van der Waals surface area contributed by atoms with Crippen LogP contribution in [0.15, 0.2) is 59.7 Å². The maximum Gasteiger partial charge on any atom is 0.278 e. The Kier molecular flexibility index (Phi) is 5.45. The fraction of sp³-hybridized carbons (Fsp3) is 0.217. The highest BCUT2D eigenvalue weighted by molar-refractivity contribution is 6.37. The molecule has 6 nitrogen and oxygen atoms in total. The quantitative estimate of drug-likeness (QED) is 0.409. The molecule has 0 saturated carbocycles.